The van der Waals surface area contributed by atoms with E-state index in [0.29, 0.717) is 5.41 Å². The van der Waals surface area contributed by atoms with Crippen molar-refractivity contribution in [2.45, 2.75) is 69.6 Å². The number of rotatable bonds is 4. The minimum absolute atomic E-state index is 0.612. The third-order valence-corrected chi connectivity index (χ3v) is 5.78. The summed E-state index contributed by atoms with van der Waals surface area (Å²) in [4.78, 5) is 0. The molecule has 0 saturated heterocycles. The highest BCUT2D eigenvalue weighted by Gasteiger charge is 2.31. The normalized spacial score (nSPS) is 34.1. The number of hydrogen-bond acceptors (Lipinski definition) is 2. The van der Waals surface area contributed by atoms with Gasteiger partial charge in [0.05, 0.1) is 0 Å². The van der Waals surface area contributed by atoms with Gasteiger partial charge in [0.1, 0.15) is 0 Å². The Bertz CT molecular complexity index is 211. The van der Waals surface area contributed by atoms with Crippen molar-refractivity contribution >= 4 is 11.8 Å². The molecule has 0 aromatic carbocycles. The fourth-order valence-electron chi connectivity index (χ4n) is 3.40. The minimum Gasteiger partial charge on any atom is -0.312 e. The van der Waals surface area contributed by atoms with Gasteiger partial charge >= 0.3 is 0 Å². The van der Waals surface area contributed by atoms with Gasteiger partial charge in [0.25, 0.3) is 0 Å². The Morgan fingerprint density at radius 1 is 1.12 bits per heavy atom. The molecule has 1 N–H and O–H groups in total. The summed E-state index contributed by atoms with van der Waals surface area (Å²) < 4.78 is 0. The predicted molar refractivity (Wildman–Crippen MR) is 74.1 cm³/mol. The molecule has 0 bridgehead atoms. The van der Waals surface area contributed by atoms with E-state index in [2.05, 4.69) is 30.3 Å². The summed E-state index contributed by atoms with van der Waals surface area (Å²) in [5.41, 5.74) is 0.612. The van der Waals surface area contributed by atoms with Crippen LogP contribution in [0.25, 0.3) is 0 Å². The van der Waals surface area contributed by atoms with Gasteiger partial charge in [-0.3, -0.25) is 0 Å². The van der Waals surface area contributed by atoms with Crippen molar-refractivity contribution in [2.75, 3.05) is 12.8 Å². The molecular weight excluding hydrogens is 214 g/mol. The van der Waals surface area contributed by atoms with Crippen molar-refractivity contribution in [1.82, 2.24) is 5.32 Å². The minimum atomic E-state index is 0.612. The molecule has 2 heteroatoms. The van der Waals surface area contributed by atoms with Gasteiger partial charge in [-0.15, -0.1) is 0 Å². The van der Waals surface area contributed by atoms with E-state index >= 15 is 0 Å². The van der Waals surface area contributed by atoms with Crippen LogP contribution < -0.4 is 5.32 Å². The zero-order valence-corrected chi connectivity index (χ0v) is 11.7. The lowest BCUT2D eigenvalue weighted by atomic mass is 9.87. The van der Waals surface area contributed by atoms with E-state index in [9.17, 15) is 0 Å². The highest BCUT2D eigenvalue weighted by atomic mass is 32.2. The maximum atomic E-state index is 3.88. The van der Waals surface area contributed by atoms with E-state index < -0.39 is 0 Å². The predicted octanol–water partition coefficient (Wildman–Crippen LogP) is 3.83. The molecule has 94 valence electrons. The summed E-state index contributed by atoms with van der Waals surface area (Å²) in [6.45, 7) is 3.73. The second-order valence-electron chi connectivity index (χ2n) is 6.06. The van der Waals surface area contributed by atoms with Crippen LogP contribution in [0.1, 0.15) is 58.3 Å². The van der Waals surface area contributed by atoms with E-state index in [1.54, 1.807) is 0 Å². The molecule has 1 nitrogen and oxygen atoms in total. The first-order valence-electron chi connectivity index (χ1n) is 7.00. The Labute approximate surface area is 105 Å². The molecular formula is C14H27NS. The van der Waals surface area contributed by atoms with E-state index in [0.717, 1.165) is 11.3 Å². The van der Waals surface area contributed by atoms with Crippen molar-refractivity contribution in [1.29, 1.82) is 0 Å². The Morgan fingerprint density at radius 3 is 2.50 bits per heavy atom. The van der Waals surface area contributed by atoms with Crippen LogP contribution in [-0.4, -0.2) is 24.1 Å². The molecule has 16 heavy (non-hydrogen) atoms. The summed E-state index contributed by atoms with van der Waals surface area (Å²) in [7, 11) is 0. The monoisotopic (exact) mass is 241 g/mol. The molecule has 0 aliphatic heterocycles. The van der Waals surface area contributed by atoms with Gasteiger partial charge in [0.2, 0.25) is 0 Å². The SMILES string of the molecule is CSC1CCCCC1NCC1(C)CCCC1. The maximum absolute atomic E-state index is 3.88. The molecule has 2 unspecified atom stereocenters. The first kappa shape index (κ1) is 12.8. The Balaban J connectivity index is 1.79. The molecule has 0 heterocycles. The second-order valence-corrected chi connectivity index (χ2v) is 7.14. The van der Waals surface area contributed by atoms with E-state index in [1.165, 1.54) is 57.9 Å². The zero-order chi connectivity index (χ0) is 11.4. The molecule has 2 aliphatic carbocycles. The van der Waals surface area contributed by atoms with Gasteiger partial charge in [0.15, 0.2) is 0 Å². The van der Waals surface area contributed by atoms with Crippen molar-refractivity contribution in [2.24, 2.45) is 5.41 Å². The number of nitrogens with one attached hydrogen (secondary N) is 1. The lowest BCUT2D eigenvalue weighted by molar-refractivity contribution is 0.276. The summed E-state index contributed by atoms with van der Waals surface area (Å²) >= 11 is 2.07. The molecule has 0 radical (unpaired) electrons. The van der Waals surface area contributed by atoms with Crippen LogP contribution in [-0.2, 0) is 0 Å². The summed E-state index contributed by atoms with van der Waals surface area (Å²) in [5, 5.41) is 4.76. The third-order valence-electron chi connectivity index (χ3n) is 4.61. The fourth-order valence-corrected chi connectivity index (χ4v) is 4.36. The summed E-state index contributed by atoms with van der Waals surface area (Å²) in [6, 6.07) is 0.793. The van der Waals surface area contributed by atoms with Crippen LogP contribution in [0.2, 0.25) is 0 Å². The molecule has 2 atom stereocenters. The highest BCUT2D eigenvalue weighted by molar-refractivity contribution is 7.99. The largest absolute Gasteiger partial charge is 0.312 e. The molecule has 0 spiro atoms. The maximum Gasteiger partial charge on any atom is 0.0198 e. The van der Waals surface area contributed by atoms with E-state index in [-0.39, 0.29) is 0 Å². The van der Waals surface area contributed by atoms with Crippen LogP contribution in [0, 0.1) is 5.41 Å². The highest BCUT2D eigenvalue weighted by Crippen LogP contribution is 2.37. The molecule has 0 aromatic heterocycles. The standard InChI is InChI=1S/C14H27NS/c1-14(9-5-6-10-14)11-15-12-7-3-4-8-13(12)16-2/h12-13,15H,3-11H2,1-2H3. The van der Waals surface area contributed by atoms with Gasteiger partial charge in [-0.05, 0) is 37.4 Å². The molecule has 2 fully saturated rings. The van der Waals surface area contributed by atoms with E-state index in [4.69, 9.17) is 0 Å². The van der Waals surface area contributed by atoms with Crippen molar-refractivity contribution in [3.63, 3.8) is 0 Å². The molecule has 2 rings (SSSR count). The van der Waals surface area contributed by atoms with Gasteiger partial charge < -0.3 is 5.32 Å². The summed E-state index contributed by atoms with van der Waals surface area (Å²) in [6.07, 6.45) is 13.8. The first-order valence-corrected chi connectivity index (χ1v) is 8.28. The quantitative estimate of drug-likeness (QED) is 0.803. The van der Waals surface area contributed by atoms with Crippen molar-refractivity contribution < 1.29 is 0 Å². The van der Waals surface area contributed by atoms with Crippen LogP contribution in [0.5, 0.6) is 0 Å². The Morgan fingerprint density at radius 2 is 1.81 bits per heavy atom. The fraction of sp³-hybridized carbons (Fsp3) is 1.00. The smallest absolute Gasteiger partial charge is 0.0198 e. The number of thioether (sulfide) groups is 1. The summed E-state index contributed by atoms with van der Waals surface area (Å²) in [5.74, 6) is 0. The van der Waals surface area contributed by atoms with Gasteiger partial charge in [-0.25, -0.2) is 0 Å². The average Bonchev–Trinajstić information content (AvgIpc) is 2.74. The third kappa shape index (κ3) is 3.16. The zero-order valence-electron chi connectivity index (χ0n) is 10.9. The van der Waals surface area contributed by atoms with Gasteiger partial charge in [-0.1, -0.05) is 32.6 Å². The Hall–Kier alpha value is 0.310. The first-order chi connectivity index (χ1) is 7.73. The molecule has 0 amide bonds. The molecule has 2 aliphatic rings. The van der Waals surface area contributed by atoms with Crippen molar-refractivity contribution in [3.8, 4) is 0 Å². The van der Waals surface area contributed by atoms with Crippen LogP contribution in [0.4, 0.5) is 0 Å². The Kier molecular flexibility index (Phi) is 4.60. The lowest BCUT2D eigenvalue weighted by Gasteiger charge is -2.34. The van der Waals surface area contributed by atoms with Crippen LogP contribution >= 0.6 is 11.8 Å². The van der Waals surface area contributed by atoms with Crippen molar-refractivity contribution in [3.05, 3.63) is 0 Å². The van der Waals surface area contributed by atoms with Crippen LogP contribution in [0.3, 0.4) is 0 Å². The lowest BCUT2D eigenvalue weighted by Crippen LogP contribution is -2.44. The van der Waals surface area contributed by atoms with E-state index in [1.807, 2.05) is 0 Å². The average molecular weight is 241 g/mol. The van der Waals surface area contributed by atoms with Gasteiger partial charge in [-0.2, -0.15) is 11.8 Å². The number of hydrogen-bond donors (Lipinski definition) is 1. The molecule has 0 aromatic rings. The van der Waals surface area contributed by atoms with Gasteiger partial charge in [0, 0.05) is 17.8 Å². The second kappa shape index (κ2) is 5.77. The van der Waals surface area contributed by atoms with Crippen LogP contribution in [0.15, 0.2) is 0 Å². The topological polar surface area (TPSA) is 12.0 Å². The molecule has 2 saturated carbocycles.